The second-order valence-electron chi connectivity index (χ2n) is 5.64. The largest absolute Gasteiger partial charge is 0.465 e. The molecule has 0 radical (unpaired) electrons. The van der Waals surface area contributed by atoms with Crippen LogP contribution in [0, 0.1) is 0 Å². The first kappa shape index (κ1) is 15.0. The average Bonchev–Trinajstić information content (AvgIpc) is 3.24. The lowest BCUT2D eigenvalue weighted by Gasteiger charge is -2.25. The quantitative estimate of drug-likeness (QED) is 0.733. The van der Waals surface area contributed by atoms with Crippen LogP contribution in [0.4, 0.5) is 5.69 Å². The Morgan fingerprint density at radius 2 is 2.12 bits per heavy atom. The van der Waals surface area contributed by atoms with Crippen molar-refractivity contribution in [3.63, 3.8) is 0 Å². The summed E-state index contributed by atoms with van der Waals surface area (Å²) in [7, 11) is 0. The van der Waals surface area contributed by atoms with Gasteiger partial charge >= 0.3 is 0 Å². The molecule has 0 aliphatic carbocycles. The SMILES string of the molecule is CCc1ccc(N2CN=c3s/c(=C\c4ccco4)c(=O)n3C2)cc1. The summed E-state index contributed by atoms with van der Waals surface area (Å²) in [5.41, 5.74) is 2.36. The molecule has 3 aromatic rings. The fraction of sp³-hybridized carbons (Fsp3) is 0.222. The third-order valence-corrected chi connectivity index (χ3v) is 5.15. The number of furan rings is 1. The van der Waals surface area contributed by atoms with Crippen molar-refractivity contribution in [2.24, 2.45) is 4.99 Å². The van der Waals surface area contributed by atoms with Crippen LogP contribution in [0.5, 0.6) is 0 Å². The molecule has 0 saturated heterocycles. The first-order chi connectivity index (χ1) is 11.7. The average molecular weight is 339 g/mol. The zero-order valence-corrected chi connectivity index (χ0v) is 14.1. The van der Waals surface area contributed by atoms with Crippen molar-refractivity contribution in [1.29, 1.82) is 0 Å². The Kier molecular flexibility index (Phi) is 3.82. The number of hydrogen-bond donors (Lipinski definition) is 0. The molecular formula is C18H17N3O2S. The molecule has 0 bridgehead atoms. The molecule has 0 atom stereocenters. The van der Waals surface area contributed by atoms with E-state index in [0.717, 1.165) is 16.9 Å². The predicted molar refractivity (Wildman–Crippen MR) is 94.8 cm³/mol. The van der Waals surface area contributed by atoms with E-state index >= 15 is 0 Å². The van der Waals surface area contributed by atoms with Crippen molar-refractivity contribution in [2.75, 3.05) is 11.6 Å². The molecule has 1 aromatic carbocycles. The van der Waals surface area contributed by atoms with Gasteiger partial charge in [0.25, 0.3) is 5.56 Å². The van der Waals surface area contributed by atoms with Crippen LogP contribution < -0.4 is 19.8 Å². The molecule has 0 unspecified atom stereocenters. The van der Waals surface area contributed by atoms with E-state index in [9.17, 15) is 4.79 Å². The van der Waals surface area contributed by atoms with Crippen LogP contribution in [0.2, 0.25) is 0 Å². The van der Waals surface area contributed by atoms with Crippen LogP contribution >= 0.6 is 11.3 Å². The lowest BCUT2D eigenvalue weighted by atomic mass is 10.1. The van der Waals surface area contributed by atoms with E-state index in [1.807, 2.05) is 12.1 Å². The van der Waals surface area contributed by atoms with Crippen molar-refractivity contribution in [3.8, 4) is 0 Å². The zero-order chi connectivity index (χ0) is 16.5. The molecule has 1 aliphatic heterocycles. The molecule has 0 fully saturated rings. The summed E-state index contributed by atoms with van der Waals surface area (Å²) in [6, 6.07) is 12.1. The van der Waals surface area contributed by atoms with Gasteiger partial charge in [0.2, 0.25) is 0 Å². The molecule has 0 N–H and O–H groups in total. The summed E-state index contributed by atoms with van der Waals surface area (Å²) in [5, 5.41) is 0. The number of thiazole rings is 1. The Balaban J connectivity index is 1.68. The summed E-state index contributed by atoms with van der Waals surface area (Å²) in [4.78, 5) is 20.0. The first-order valence-electron chi connectivity index (χ1n) is 7.88. The predicted octanol–water partition coefficient (Wildman–Crippen LogP) is 1.95. The smallest absolute Gasteiger partial charge is 0.271 e. The van der Waals surface area contributed by atoms with Crippen molar-refractivity contribution < 1.29 is 4.42 Å². The summed E-state index contributed by atoms with van der Waals surface area (Å²) >= 11 is 1.41. The van der Waals surface area contributed by atoms with Crippen LogP contribution in [0.1, 0.15) is 18.2 Å². The number of anilines is 1. The highest BCUT2D eigenvalue weighted by molar-refractivity contribution is 7.07. The minimum absolute atomic E-state index is 0.0231. The van der Waals surface area contributed by atoms with Crippen molar-refractivity contribution >= 4 is 23.1 Å². The van der Waals surface area contributed by atoms with Gasteiger partial charge < -0.3 is 9.32 Å². The van der Waals surface area contributed by atoms with Gasteiger partial charge in [-0.3, -0.25) is 9.36 Å². The summed E-state index contributed by atoms with van der Waals surface area (Å²) in [6.45, 7) is 3.22. The highest BCUT2D eigenvalue weighted by Crippen LogP contribution is 2.17. The van der Waals surface area contributed by atoms with E-state index in [1.54, 1.807) is 16.9 Å². The molecule has 2 aromatic heterocycles. The minimum Gasteiger partial charge on any atom is -0.465 e. The van der Waals surface area contributed by atoms with Gasteiger partial charge in [-0.1, -0.05) is 30.4 Å². The lowest BCUT2D eigenvalue weighted by molar-refractivity contribution is 0.556. The van der Waals surface area contributed by atoms with Crippen LogP contribution in [0.3, 0.4) is 0 Å². The van der Waals surface area contributed by atoms with Gasteiger partial charge in [0, 0.05) is 11.8 Å². The fourth-order valence-electron chi connectivity index (χ4n) is 2.72. The van der Waals surface area contributed by atoms with Gasteiger partial charge in [-0.25, -0.2) is 4.99 Å². The van der Waals surface area contributed by atoms with Crippen molar-refractivity contribution in [2.45, 2.75) is 20.0 Å². The Bertz CT molecular complexity index is 1010. The molecule has 0 amide bonds. The Labute approximate surface area is 142 Å². The summed E-state index contributed by atoms with van der Waals surface area (Å²) in [5.74, 6) is 0.679. The lowest BCUT2D eigenvalue weighted by Crippen LogP contribution is -2.42. The third-order valence-electron chi connectivity index (χ3n) is 4.10. The molecule has 3 heterocycles. The number of fused-ring (bicyclic) bond motifs is 1. The second-order valence-corrected chi connectivity index (χ2v) is 6.65. The normalized spacial score (nSPS) is 14.5. The number of aromatic nitrogens is 1. The molecule has 4 rings (SSSR count). The number of aryl methyl sites for hydroxylation is 1. The van der Waals surface area contributed by atoms with E-state index in [0.29, 0.717) is 23.6 Å². The van der Waals surface area contributed by atoms with E-state index in [4.69, 9.17) is 4.42 Å². The summed E-state index contributed by atoms with van der Waals surface area (Å²) in [6.07, 6.45) is 4.39. The van der Waals surface area contributed by atoms with Crippen molar-refractivity contribution in [1.82, 2.24) is 4.57 Å². The van der Waals surface area contributed by atoms with E-state index in [-0.39, 0.29) is 5.56 Å². The van der Waals surface area contributed by atoms with Gasteiger partial charge in [0.15, 0.2) is 4.80 Å². The van der Waals surface area contributed by atoms with Crippen LogP contribution in [-0.2, 0) is 13.1 Å². The molecule has 0 spiro atoms. The van der Waals surface area contributed by atoms with Crippen molar-refractivity contribution in [3.05, 3.63) is 73.7 Å². The van der Waals surface area contributed by atoms with Crippen LogP contribution in [0.25, 0.3) is 6.08 Å². The highest BCUT2D eigenvalue weighted by atomic mass is 32.1. The summed E-state index contributed by atoms with van der Waals surface area (Å²) < 4.78 is 7.66. The number of hydrogen-bond acceptors (Lipinski definition) is 5. The van der Waals surface area contributed by atoms with Gasteiger partial charge in [-0.2, -0.15) is 0 Å². The Morgan fingerprint density at radius 1 is 1.29 bits per heavy atom. The number of nitrogens with zero attached hydrogens (tertiary/aromatic N) is 3. The maximum Gasteiger partial charge on any atom is 0.271 e. The monoisotopic (exact) mass is 339 g/mol. The molecule has 1 aliphatic rings. The third kappa shape index (κ3) is 2.69. The minimum atomic E-state index is -0.0231. The molecule has 0 saturated carbocycles. The van der Waals surface area contributed by atoms with Gasteiger partial charge in [-0.15, -0.1) is 0 Å². The maximum absolute atomic E-state index is 12.6. The van der Waals surface area contributed by atoms with E-state index in [1.165, 1.54) is 16.9 Å². The maximum atomic E-state index is 12.6. The van der Waals surface area contributed by atoms with Crippen LogP contribution in [-0.4, -0.2) is 11.2 Å². The molecule has 24 heavy (non-hydrogen) atoms. The standard InChI is InChI=1S/C18H17N3O2S/c1-2-13-5-7-14(8-6-13)20-11-19-18-21(12-20)17(22)16(24-18)10-15-4-3-9-23-15/h3-10H,2,11-12H2,1H3/b16-10-. The Hall–Kier alpha value is -2.60. The second kappa shape index (κ2) is 6.13. The van der Waals surface area contributed by atoms with E-state index in [2.05, 4.69) is 41.1 Å². The zero-order valence-electron chi connectivity index (χ0n) is 13.3. The van der Waals surface area contributed by atoms with Gasteiger partial charge in [0.1, 0.15) is 19.1 Å². The number of rotatable bonds is 3. The Morgan fingerprint density at radius 3 is 2.83 bits per heavy atom. The molecule has 6 heteroatoms. The fourth-order valence-corrected chi connectivity index (χ4v) is 3.66. The van der Waals surface area contributed by atoms with Crippen LogP contribution in [0.15, 0.2) is 56.9 Å². The molecule has 5 nitrogen and oxygen atoms in total. The first-order valence-corrected chi connectivity index (χ1v) is 8.69. The molecule has 122 valence electrons. The van der Waals surface area contributed by atoms with Gasteiger partial charge in [0.05, 0.1) is 10.8 Å². The van der Waals surface area contributed by atoms with Gasteiger partial charge in [-0.05, 0) is 36.2 Å². The molecular weight excluding hydrogens is 322 g/mol. The number of benzene rings is 1. The highest BCUT2D eigenvalue weighted by Gasteiger charge is 2.16. The van der Waals surface area contributed by atoms with E-state index < -0.39 is 0 Å². The topological polar surface area (TPSA) is 50.7 Å².